The number of aryl methyl sites for hydroxylation is 1. The summed E-state index contributed by atoms with van der Waals surface area (Å²) in [6.07, 6.45) is 3.08. The number of ether oxygens (including phenoxy) is 1. The Morgan fingerprint density at radius 2 is 2.20 bits per heavy atom. The molecule has 1 aromatic carbocycles. The Kier molecular flexibility index (Phi) is 2.65. The van der Waals surface area contributed by atoms with Crippen molar-refractivity contribution in [1.29, 1.82) is 0 Å². The molecule has 1 aromatic rings. The number of halogens is 1. The average Bonchev–Trinajstić information content (AvgIpc) is 2.94. The highest BCUT2D eigenvalue weighted by Crippen LogP contribution is 2.40. The molecule has 1 aliphatic rings. The molecule has 0 aromatic heterocycles. The fourth-order valence-corrected chi connectivity index (χ4v) is 1.74. The van der Waals surface area contributed by atoms with Crippen molar-refractivity contribution in [2.45, 2.75) is 31.3 Å². The van der Waals surface area contributed by atoms with Gasteiger partial charge in [0.25, 0.3) is 0 Å². The Bertz CT molecular complexity index is 359. The lowest BCUT2D eigenvalue weighted by atomic mass is 10.0. The molecule has 1 N–H and O–H groups in total. The maximum atomic E-state index is 13.3. The van der Waals surface area contributed by atoms with Crippen molar-refractivity contribution in [2.24, 2.45) is 0 Å². The zero-order chi connectivity index (χ0) is 10.9. The van der Waals surface area contributed by atoms with Gasteiger partial charge in [0.2, 0.25) is 0 Å². The van der Waals surface area contributed by atoms with E-state index in [0.29, 0.717) is 18.6 Å². The largest absolute Gasteiger partial charge is 0.493 e. The molecule has 0 amide bonds. The van der Waals surface area contributed by atoms with E-state index in [-0.39, 0.29) is 5.82 Å². The van der Waals surface area contributed by atoms with Crippen LogP contribution in [0.4, 0.5) is 4.39 Å². The van der Waals surface area contributed by atoms with Gasteiger partial charge in [0.05, 0.1) is 12.7 Å². The van der Waals surface area contributed by atoms with E-state index in [4.69, 9.17) is 4.74 Å². The van der Waals surface area contributed by atoms with E-state index in [9.17, 15) is 9.50 Å². The van der Waals surface area contributed by atoms with Crippen molar-refractivity contribution in [3.05, 3.63) is 29.6 Å². The van der Waals surface area contributed by atoms with Crippen LogP contribution < -0.4 is 4.74 Å². The number of para-hydroxylation sites is 1. The van der Waals surface area contributed by atoms with Crippen LogP contribution >= 0.6 is 0 Å². The van der Waals surface area contributed by atoms with Crippen LogP contribution in [0.3, 0.4) is 0 Å². The van der Waals surface area contributed by atoms with Crippen LogP contribution in [0.1, 0.15) is 24.8 Å². The summed E-state index contributed by atoms with van der Waals surface area (Å²) in [5.41, 5.74) is 0.343. The normalized spacial score (nSPS) is 17.5. The van der Waals surface area contributed by atoms with E-state index in [1.54, 1.807) is 6.07 Å². The van der Waals surface area contributed by atoms with Crippen LogP contribution in [0.2, 0.25) is 0 Å². The predicted octanol–water partition coefficient (Wildman–Crippen LogP) is 2.29. The van der Waals surface area contributed by atoms with Crippen molar-refractivity contribution in [2.75, 3.05) is 7.11 Å². The van der Waals surface area contributed by atoms with Gasteiger partial charge in [0.15, 0.2) is 11.6 Å². The topological polar surface area (TPSA) is 29.5 Å². The summed E-state index contributed by atoms with van der Waals surface area (Å²) in [5, 5.41) is 9.69. The first-order valence-electron chi connectivity index (χ1n) is 5.18. The van der Waals surface area contributed by atoms with Gasteiger partial charge in [-0.3, -0.25) is 0 Å². The van der Waals surface area contributed by atoms with Crippen LogP contribution in [-0.2, 0) is 6.42 Å². The molecule has 2 rings (SSSR count). The first kappa shape index (κ1) is 10.4. The lowest BCUT2D eigenvalue weighted by Gasteiger charge is -2.11. The third-order valence-electron chi connectivity index (χ3n) is 2.94. The SMILES string of the molecule is COc1c(F)cccc1CCC1(O)CC1. The van der Waals surface area contributed by atoms with E-state index in [1.165, 1.54) is 13.2 Å². The number of hydrogen-bond acceptors (Lipinski definition) is 2. The number of benzene rings is 1. The molecule has 0 saturated heterocycles. The van der Waals surface area contributed by atoms with E-state index >= 15 is 0 Å². The Hall–Kier alpha value is -1.09. The van der Waals surface area contributed by atoms with Gasteiger partial charge >= 0.3 is 0 Å². The van der Waals surface area contributed by atoms with Gasteiger partial charge in [0.1, 0.15) is 0 Å². The number of methoxy groups -OCH3 is 1. The number of hydrogen-bond donors (Lipinski definition) is 1. The second-order valence-electron chi connectivity index (χ2n) is 4.16. The second-order valence-corrected chi connectivity index (χ2v) is 4.16. The summed E-state index contributed by atoms with van der Waals surface area (Å²) in [6, 6.07) is 4.89. The number of aliphatic hydroxyl groups is 1. The van der Waals surface area contributed by atoms with Crippen molar-refractivity contribution < 1.29 is 14.2 Å². The summed E-state index contributed by atoms with van der Waals surface area (Å²) < 4.78 is 18.3. The smallest absolute Gasteiger partial charge is 0.165 e. The summed E-state index contributed by atoms with van der Waals surface area (Å²) in [5.74, 6) is -0.0282. The van der Waals surface area contributed by atoms with Crippen molar-refractivity contribution in [3.8, 4) is 5.75 Å². The van der Waals surface area contributed by atoms with Gasteiger partial charge in [-0.15, -0.1) is 0 Å². The lowest BCUT2D eigenvalue weighted by molar-refractivity contribution is 0.140. The molecule has 1 saturated carbocycles. The summed E-state index contributed by atoms with van der Waals surface area (Å²) >= 11 is 0. The van der Waals surface area contributed by atoms with Crippen molar-refractivity contribution >= 4 is 0 Å². The Balaban J connectivity index is 2.09. The zero-order valence-corrected chi connectivity index (χ0v) is 8.79. The van der Waals surface area contributed by atoms with E-state index in [1.807, 2.05) is 6.07 Å². The molecule has 0 heterocycles. The molecule has 0 spiro atoms. The minimum Gasteiger partial charge on any atom is -0.493 e. The van der Waals surface area contributed by atoms with Gasteiger partial charge < -0.3 is 9.84 Å². The Morgan fingerprint density at radius 3 is 2.80 bits per heavy atom. The van der Waals surface area contributed by atoms with Crippen LogP contribution in [0.25, 0.3) is 0 Å². The van der Waals surface area contributed by atoms with E-state index in [2.05, 4.69) is 0 Å². The fourth-order valence-electron chi connectivity index (χ4n) is 1.74. The molecule has 1 aliphatic carbocycles. The van der Waals surface area contributed by atoms with E-state index < -0.39 is 5.60 Å². The first-order valence-corrected chi connectivity index (χ1v) is 5.18. The van der Waals surface area contributed by atoms with Crippen LogP contribution in [-0.4, -0.2) is 17.8 Å². The highest BCUT2D eigenvalue weighted by Gasteiger charge is 2.39. The molecule has 0 bridgehead atoms. The number of rotatable bonds is 4. The standard InChI is InChI=1S/C12H15FO2/c1-15-11-9(3-2-4-10(11)13)5-6-12(14)7-8-12/h2-4,14H,5-8H2,1H3. The van der Waals surface area contributed by atoms with Gasteiger partial charge in [-0.05, 0) is 37.3 Å². The quantitative estimate of drug-likeness (QED) is 0.826. The molecular weight excluding hydrogens is 195 g/mol. The molecule has 15 heavy (non-hydrogen) atoms. The van der Waals surface area contributed by atoms with Crippen molar-refractivity contribution in [1.82, 2.24) is 0 Å². The van der Waals surface area contributed by atoms with Gasteiger partial charge in [0, 0.05) is 0 Å². The van der Waals surface area contributed by atoms with E-state index in [0.717, 1.165) is 18.4 Å². The van der Waals surface area contributed by atoms with Gasteiger partial charge in [-0.2, -0.15) is 0 Å². The summed E-state index contributed by atoms with van der Waals surface area (Å²) in [6.45, 7) is 0. The minimum absolute atomic E-state index is 0.307. The second kappa shape index (κ2) is 3.81. The van der Waals surface area contributed by atoms with Crippen LogP contribution in [0, 0.1) is 5.82 Å². The average molecular weight is 210 g/mol. The highest BCUT2D eigenvalue weighted by atomic mass is 19.1. The first-order chi connectivity index (χ1) is 7.14. The highest BCUT2D eigenvalue weighted by molar-refractivity contribution is 5.35. The molecule has 82 valence electrons. The molecule has 2 nitrogen and oxygen atoms in total. The summed E-state index contributed by atoms with van der Waals surface area (Å²) in [4.78, 5) is 0. The molecule has 0 radical (unpaired) electrons. The van der Waals surface area contributed by atoms with Crippen molar-refractivity contribution in [3.63, 3.8) is 0 Å². The maximum absolute atomic E-state index is 13.3. The predicted molar refractivity (Wildman–Crippen MR) is 55.5 cm³/mol. The van der Waals surface area contributed by atoms with Crippen LogP contribution in [0.5, 0.6) is 5.75 Å². The zero-order valence-electron chi connectivity index (χ0n) is 8.79. The third-order valence-corrected chi connectivity index (χ3v) is 2.94. The fraction of sp³-hybridized carbons (Fsp3) is 0.500. The molecule has 0 aliphatic heterocycles. The van der Waals surface area contributed by atoms with Gasteiger partial charge in [-0.1, -0.05) is 12.1 Å². The molecule has 0 atom stereocenters. The molecule has 3 heteroatoms. The minimum atomic E-state index is -0.489. The third kappa shape index (κ3) is 2.29. The molecule has 0 unspecified atom stereocenters. The van der Waals surface area contributed by atoms with Crippen LogP contribution in [0.15, 0.2) is 18.2 Å². The maximum Gasteiger partial charge on any atom is 0.165 e. The lowest BCUT2D eigenvalue weighted by Crippen LogP contribution is -2.08. The molecular formula is C12H15FO2. The Morgan fingerprint density at radius 1 is 1.47 bits per heavy atom. The Labute approximate surface area is 88.7 Å². The van der Waals surface area contributed by atoms with Gasteiger partial charge in [-0.25, -0.2) is 4.39 Å². The monoisotopic (exact) mass is 210 g/mol. The summed E-state index contributed by atoms with van der Waals surface area (Å²) in [7, 11) is 1.47. The molecule has 1 fully saturated rings.